The highest BCUT2D eigenvalue weighted by Gasteiger charge is 2.23. The van der Waals surface area contributed by atoms with Gasteiger partial charge in [0, 0.05) is 81.9 Å². The van der Waals surface area contributed by atoms with Gasteiger partial charge in [-0.1, -0.05) is 133 Å². The van der Waals surface area contributed by atoms with Gasteiger partial charge in [-0.2, -0.15) is 0 Å². The molecule has 0 bridgehead atoms. The molecule has 16 N–H and O–H groups in total. The summed E-state index contributed by atoms with van der Waals surface area (Å²) in [7, 11) is 0. The molecule has 0 radical (unpaired) electrons. The second-order valence-electron chi connectivity index (χ2n) is 32.0. The van der Waals surface area contributed by atoms with Crippen molar-refractivity contribution < 1.29 is 56.8 Å². The van der Waals surface area contributed by atoms with Gasteiger partial charge in [-0.25, -0.2) is 0 Å². The molecule has 20 heteroatoms. The Balaban J connectivity index is 0.678. The highest BCUT2D eigenvalue weighted by atomic mass is 16.5. The zero-order valence-electron chi connectivity index (χ0n) is 71.0. The van der Waals surface area contributed by atoms with Crippen molar-refractivity contribution in [2.45, 2.75) is 85.7 Å². The summed E-state index contributed by atoms with van der Waals surface area (Å²) in [5.41, 5.74) is 72.9. The Kier molecular flexibility index (Phi) is 26.3. The summed E-state index contributed by atoms with van der Waals surface area (Å²) in [5, 5.41) is 0. The fraction of sp³-hybridized carbons (Fsp3) is 0.119. The third kappa shape index (κ3) is 23.7. The first-order valence-electron chi connectivity index (χ1n) is 42.4. The zero-order chi connectivity index (χ0) is 88.4. The Hall–Kier alpha value is -16.5. The van der Waals surface area contributed by atoms with E-state index in [4.69, 9.17) is 103 Å². The number of benzene rings is 16. The molecule has 129 heavy (non-hydrogen) atoms. The van der Waals surface area contributed by atoms with Crippen LogP contribution in [-0.4, -0.2) is 0 Å². The summed E-state index contributed by atoms with van der Waals surface area (Å²) in [4.78, 5) is 0. The fourth-order valence-electron chi connectivity index (χ4n) is 14.8. The van der Waals surface area contributed by atoms with Gasteiger partial charge in [0.2, 0.25) is 0 Å². The van der Waals surface area contributed by atoms with Crippen molar-refractivity contribution in [2.24, 2.45) is 0 Å². The van der Waals surface area contributed by atoms with Crippen LogP contribution in [0.15, 0.2) is 340 Å². The molecule has 0 amide bonds. The molecule has 17 rings (SSSR count). The lowest BCUT2D eigenvalue weighted by Gasteiger charge is -2.16. The van der Waals surface area contributed by atoms with Gasteiger partial charge in [0.1, 0.15) is 148 Å². The molecule has 0 heterocycles. The Labute approximate surface area is 749 Å². The lowest BCUT2D eigenvalue weighted by Crippen LogP contribution is -2.03. The molecule has 0 aliphatic heterocycles. The maximum atomic E-state index is 6.90. The van der Waals surface area contributed by atoms with Gasteiger partial charge in [0.25, 0.3) is 0 Å². The fourth-order valence-corrected chi connectivity index (χ4v) is 14.8. The number of hydrogen-bond acceptors (Lipinski definition) is 20. The second-order valence-corrected chi connectivity index (χ2v) is 32.0. The highest BCUT2D eigenvalue weighted by molar-refractivity contribution is 5.84. The normalized spacial score (nSPS) is 11.2. The van der Waals surface area contributed by atoms with Crippen LogP contribution in [0.2, 0.25) is 0 Å². The Morgan fingerprint density at radius 3 is 0.450 bits per heavy atom. The van der Waals surface area contributed by atoms with Crippen LogP contribution in [-0.2, 0) is 85.7 Å². The molecule has 0 fully saturated rings. The lowest BCUT2D eigenvalue weighted by atomic mass is 9.97. The number of fused-ring (bicyclic) bond motifs is 3. The summed E-state index contributed by atoms with van der Waals surface area (Å²) in [6.07, 6.45) is 0.642. The van der Waals surface area contributed by atoms with Crippen LogP contribution in [0.5, 0.6) is 69.0 Å². The van der Waals surface area contributed by atoms with E-state index in [0.29, 0.717) is 174 Å². The number of rotatable bonds is 38. The van der Waals surface area contributed by atoms with E-state index >= 15 is 0 Å². The van der Waals surface area contributed by atoms with Crippen molar-refractivity contribution in [1.29, 1.82) is 0 Å². The maximum Gasteiger partial charge on any atom is 0.124 e. The van der Waals surface area contributed by atoms with Gasteiger partial charge in [-0.15, -0.1) is 0 Å². The quantitative estimate of drug-likeness (QED) is 0.0167. The van der Waals surface area contributed by atoms with Gasteiger partial charge in [0.15, 0.2) is 0 Å². The number of hydrogen-bond donors (Lipinski definition) is 8. The van der Waals surface area contributed by atoms with E-state index in [-0.39, 0.29) is 26.4 Å². The van der Waals surface area contributed by atoms with E-state index in [1.54, 1.807) is 0 Å². The average Bonchev–Trinajstić information content (AvgIpc) is 1.61. The third-order valence-electron chi connectivity index (χ3n) is 21.8. The van der Waals surface area contributed by atoms with Gasteiger partial charge >= 0.3 is 0 Å². The van der Waals surface area contributed by atoms with E-state index in [1.807, 2.05) is 303 Å². The largest absolute Gasteiger partial charge is 0.489 e. The minimum absolute atomic E-state index is 0.143. The number of nitrogens with two attached hydrogens (primary N) is 8. The predicted molar refractivity (Wildman–Crippen MR) is 510 cm³/mol. The average molecular weight is 1710 g/mol. The molecular weight excluding hydrogens is 1610 g/mol. The Bertz CT molecular complexity index is 5540. The van der Waals surface area contributed by atoms with E-state index in [1.165, 1.54) is 0 Å². The smallest absolute Gasteiger partial charge is 0.124 e. The molecule has 1 aliphatic carbocycles. The maximum absolute atomic E-state index is 6.90. The highest BCUT2D eigenvalue weighted by Crippen LogP contribution is 2.44. The van der Waals surface area contributed by atoms with Crippen LogP contribution in [0, 0.1) is 0 Å². The minimum atomic E-state index is 0.143. The number of ether oxygens (including phenoxy) is 12. The second kappa shape index (κ2) is 40.0. The topological polar surface area (TPSA) is 319 Å². The predicted octanol–water partition coefficient (Wildman–Crippen LogP) is 22.2. The van der Waals surface area contributed by atoms with Crippen LogP contribution in [0.1, 0.15) is 77.9 Å². The van der Waals surface area contributed by atoms with Crippen LogP contribution >= 0.6 is 0 Å². The summed E-state index contributed by atoms with van der Waals surface area (Å²) in [5.74, 6) is 7.03. The van der Waals surface area contributed by atoms with Gasteiger partial charge in [0.05, 0.1) is 0 Å². The summed E-state index contributed by atoms with van der Waals surface area (Å²) < 4.78 is 79.3. The standard InChI is InChI=1S/C109H98N8O12/c110-88-19-1-70(2-20-88)58-118-96-37-78(38-97(52-96)119-59-71-3-21-89(111)22-4-71)66-126-104-48-84(49-105(56-104)127-67-79-39-98(120-60-72-5-23-90(112)24-6-72)53-99(40-79)121-61-73-7-25-91(113)26-8-73)82-17-35-108-86(45-82)47-87-46-83(18-36-109(87)108)85-50-106(128-68-80-41-100(122-62-74-9-27-92(114)28-10-74)54-101(42-80)123-63-75-11-29-93(115)30-12-75)57-107(51-85)129-69-81-43-102(124-64-76-13-31-94(116)32-14-76)55-103(44-81)125-65-77-15-33-95(117)34-16-77/h1-46,48-57H,47,58-69,110-117H2. The summed E-state index contributed by atoms with van der Waals surface area (Å²) in [6.45, 7) is 2.97. The molecule has 1 aliphatic rings. The van der Waals surface area contributed by atoms with Crippen molar-refractivity contribution in [1.82, 2.24) is 0 Å². The molecule has 16 aromatic carbocycles. The van der Waals surface area contributed by atoms with Crippen molar-refractivity contribution in [2.75, 3.05) is 45.9 Å². The molecule has 0 spiro atoms. The minimum Gasteiger partial charge on any atom is -0.489 e. The van der Waals surface area contributed by atoms with E-state index in [2.05, 4.69) is 36.4 Å². The van der Waals surface area contributed by atoms with Crippen molar-refractivity contribution in [3.8, 4) is 102 Å². The van der Waals surface area contributed by atoms with Gasteiger partial charge < -0.3 is 103 Å². The number of anilines is 8. The monoisotopic (exact) mass is 1710 g/mol. The Morgan fingerprint density at radius 1 is 0.140 bits per heavy atom. The first kappa shape index (κ1) is 84.7. The molecule has 16 aromatic rings. The first-order chi connectivity index (χ1) is 62.9. The van der Waals surface area contributed by atoms with E-state index < -0.39 is 0 Å². The van der Waals surface area contributed by atoms with E-state index in [9.17, 15) is 0 Å². The molecule has 0 saturated heterocycles. The SMILES string of the molecule is Nc1ccc(COc2cc(COc3cc(OCc4cc(OCc5ccc(N)cc5)cc(OCc5ccc(N)cc5)c4)cc(-c4ccc5c(c4)Cc4cc(-c6cc(OCc7cc(OCc8ccc(N)cc8)cc(OCc8ccc(N)cc8)c7)cc(OCc7cc(OCc8ccc(N)cc8)cc(OCc8ccc(N)cc8)c7)c6)ccc4-5)c3)cc(OCc3ccc(N)cc3)c2)cc1. The van der Waals surface area contributed by atoms with Crippen molar-refractivity contribution >= 4 is 45.5 Å². The van der Waals surface area contributed by atoms with Crippen molar-refractivity contribution in [3.05, 3.63) is 418 Å². The molecule has 0 atom stereocenters. The molecule has 0 saturated carbocycles. The molecular formula is C109H98N8O12. The molecule has 0 aromatic heterocycles. The summed E-state index contributed by atoms with van der Waals surface area (Å²) >= 11 is 0. The van der Waals surface area contributed by atoms with E-state index in [0.717, 1.165) is 111 Å². The van der Waals surface area contributed by atoms with Gasteiger partial charge in [-0.05, 0) is 288 Å². The zero-order valence-corrected chi connectivity index (χ0v) is 71.0. The third-order valence-corrected chi connectivity index (χ3v) is 21.8. The Morgan fingerprint density at radius 2 is 0.287 bits per heavy atom. The summed E-state index contributed by atoms with van der Waals surface area (Å²) in [6, 6.07) is 109. The van der Waals surface area contributed by atoms with Gasteiger partial charge in [-0.3, -0.25) is 0 Å². The first-order valence-corrected chi connectivity index (χ1v) is 42.4. The lowest BCUT2D eigenvalue weighted by molar-refractivity contribution is 0.276. The molecule has 20 nitrogen and oxygen atoms in total. The van der Waals surface area contributed by atoms with Crippen LogP contribution in [0.3, 0.4) is 0 Å². The van der Waals surface area contributed by atoms with Crippen LogP contribution in [0.25, 0.3) is 33.4 Å². The van der Waals surface area contributed by atoms with Crippen LogP contribution < -0.4 is 103 Å². The van der Waals surface area contributed by atoms with Crippen molar-refractivity contribution in [3.63, 3.8) is 0 Å². The van der Waals surface area contributed by atoms with Crippen LogP contribution in [0.4, 0.5) is 45.5 Å². The molecule has 646 valence electrons. The number of nitrogen functional groups attached to an aromatic ring is 8. The molecule has 0 unspecified atom stereocenters.